The first-order valence-corrected chi connectivity index (χ1v) is 7.60. The first kappa shape index (κ1) is 14.7. The van der Waals surface area contributed by atoms with Crippen molar-refractivity contribution in [3.8, 4) is 0 Å². The lowest BCUT2D eigenvalue weighted by molar-refractivity contribution is 0.536. The molecule has 4 heteroatoms. The fourth-order valence-electron chi connectivity index (χ4n) is 2.67. The molecule has 0 radical (unpaired) electrons. The second-order valence-corrected chi connectivity index (χ2v) is 5.54. The SMILES string of the molecule is CCNC(CC)c1c(CC)[nH]c2c(Cl)cc(Cl)cc12. The minimum atomic E-state index is 0.336. The number of fused-ring (bicyclic) bond motifs is 1. The zero-order chi connectivity index (χ0) is 14.0. The molecule has 2 N–H and O–H groups in total. The van der Waals surface area contributed by atoms with Gasteiger partial charge in [0.05, 0.1) is 10.5 Å². The molecule has 2 aromatic rings. The number of nitrogens with one attached hydrogen (secondary N) is 2. The molecule has 2 rings (SSSR count). The van der Waals surface area contributed by atoms with E-state index in [0.717, 1.165) is 30.3 Å². The van der Waals surface area contributed by atoms with E-state index in [1.54, 1.807) is 6.07 Å². The van der Waals surface area contributed by atoms with E-state index in [4.69, 9.17) is 23.2 Å². The first-order chi connectivity index (χ1) is 9.12. The predicted molar refractivity (Wildman–Crippen MR) is 84.4 cm³/mol. The van der Waals surface area contributed by atoms with E-state index in [2.05, 4.69) is 31.1 Å². The Kier molecular flexibility index (Phi) is 4.77. The summed E-state index contributed by atoms with van der Waals surface area (Å²) < 4.78 is 0. The zero-order valence-corrected chi connectivity index (χ0v) is 13.1. The molecular weight excluding hydrogens is 279 g/mol. The maximum Gasteiger partial charge on any atom is 0.0662 e. The Balaban J connectivity index is 2.68. The van der Waals surface area contributed by atoms with Crippen LogP contribution >= 0.6 is 23.2 Å². The van der Waals surface area contributed by atoms with Crippen molar-refractivity contribution in [2.45, 2.75) is 39.7 Å². The van der Waals surface area contributed by atoms with Crippen molar-refractivity contribution in [1.29, 1.82) is 0 Å². The summed E-state index contributed by atoms with van der Waals surface area (Å²) in [4.78, 5) is 3.45. The lowest BCUT2D eigenvalue weighted by atomic mass is 9.99. The standard InChI is InChI=1S/C15H20Cl2N2/c1-4-12(18-6-3)14-10-7-9(16)8-11(17)15(10)19-13(14)5-2/h7-8,12,18-19H,4-6H2,1-3H3. The molecular formula is C15H20Cl2N2. The third-order valence-electron chi connectivity index (χ3n) is 3.51. The van der Waals surface area contributed by atoms with Gasteiger partial charge in [-0.3, -0.25) is 0 Å². The molecule has 19 heavy (non-hydrogen) atoms. The number of hydrogen-bond donors (Lipinski definition) is 2. The maximum atomic E-state index is 6.29. The van der Waals surface area contributed by atoms with Crippen molar-refractivity contribution in [2.75, 3.05) is 6.54 Å². The van der Waals surface area contributed by atoms with Crippen LogP contribution in [0.25, 0.3) is 10.9 Å². The zero-order valence-electron chi connectivity index (χ0n) is 11.6. The molecule has 0 amide bonds. The molecule has 0 bridgehead atoms. The minimum absolute atomic E-state index is 0.336. The summed E-state index contributed by atoms with van der Waals surface area (Å²) in [6.07, 6.45) is 2.00. The molecule has 0 spiro atoms. The average molecular weight is 299 g/mol. The molecule has 0 aliphatic heterocycles. The van der Waals surface area contributed by atoms with Crippen LogP contribution in [0.5, 0.6) is 0 Å². The van der Waals surface area contributed by atoms with Gasteiger partial charge in [0.1, 0.15) is 0 Å². The molecule has 2 nitrogen and oxygen atoms in total. The molecule has 0 aliphatic rings. The average Bonchev–Trinajstić information content (AvgIpc) is 2.74. The van der Waals surface area contributed by atoms with Crippen LogP contribution in [0.4, 0.5) is 0 Å². The Labute approximate surface area is 124 Å². The second-order valence-electron chi connectivity index (χ2n) is 4.70. The van der Waals surface area contributed by atoms with Crippen molar-refractivity contribution in [3.63, 3.8) is 0 Å². The fourth-order valence-corrected chi connectivity index (χ4v) is 3.21. The van der Waals surface area contributed by atoms with Gasteiger partial charge in [0.2, 0.25) is 0 Å². The largest absolute Gasteiger partial charge is 0.357 e. The van der Waals surface area contributed by atoms with E-state index in [0.29, 0.717) is 16.1 Å². The summed E-state index contributed by atoms with van der Waals surface area (Å²) >= 11 is 12.4. The monoisotopic (exact) mass is 298 g/mol. The number of benzene rings is 1. The van der Waals surface area contributed by atoms with E-state index < -0.39 is 0 Å². The third-order valence-corrected chi connectivity index (χ3v) is 4.02. The molecule has 1 heterocycles. The summed E-state index contributed by atoms with van der Waals surface area (Å²) in [6.45, 7) is 7.42. The van der Waals surface area contributed by atoms with Crippen molar-refractivity contribution in [1.82, 2.24) is 10.3 Å². The predicted octanol–water partition coefficient (Wildman–Crippen LogP) is 5.10. The van der Waals surface area contributed by atoms with Crippen molar-refractivity contribution in [2.24, 2.45) is 0 Å². The van der Waals surface area contributed by atoms with Gasteiger partial charge < -0.3 is 10.3 Å². The molecule has 1 aromatic carbocycles. The Bertz CT molecular complexity index is 575. The van der Waals surface area contributed by atoms with E-state index in [9.17, 15) is 0 Å². The van der Waals surface area contributed by atoms with Gasteiger partial charge in [-0.05, 0) is 37.1 Å². The summed E-state index contributed by atoms with van der Waals surface area (Å²) in [6, 6.07) is 4.14. The summed E-state index contributed by atoms with van der Waals surface area (Å²) in [5.74, 6) is 0. The second kappa shape index (κ2) is 6.17. The highest BCUT2D eigenvalue weighted by molar-refractivity contribution is 6.38. The smallest absolute Gasteiger partial charge is 0.0662 e. The van der Waals surface area contributed by atoms with Crippen LogP contribution < -0.4 is 5.32 Å². The minimum Gasteiger partial charge on any atom is -0.357 e. The lowest BCUT2D eigenvalue weighted by Gasteiger charge is -2.17. The number of aromatic nitrogens is 1. The lowest BCUT2D eigenvalue weighted by Crippen LogP contribution is -2.20. The van der Waals surface area contributed by atoms with Gasteiger partial charge >= 0.3 is 0 Å². The van der Waals surface area contributed by atoms with Crippen molar-refractivity contribution >= 4 is 34.1 Å². The van der Waals surface area contributed by atoms with Crippen LogP contribution in [0.3, 0.4) is 0 Å². The van der Waals surface area contributed by atoms with Gasteiger partial charge in [-0.15, -0.1) is 0 Å². The Morgan fingerprint density at radius 3 is 2.53 bits per heavy atom. The first-order valence-electron chi connectivity index (χ1n) is 6.85. The molecule has 0 saturated carbocycles. The highest BCUT2D eigenvalue weighted by Crippen LogP contribution is 2.35. The van der Waals surface area contributed by atoms with Gasteiger partial charge in [-0.1, -0.05) is 44.0 Å². The van der Waals surface area contributed by atoms with E-state index in [1.807, 2.05) is 6.07 Å². The maximum absolute atomic E-state index is 6.29. The van der Waals surface area contributed by atoms with Gasteiger partial charge in [0.25, 0.3) is 0 Å². The number of H-pyrrole nitrogens is 1. The molecule has 1 unspecified atom stereocenters. The Hall–Kier alpha value is -0.700. The number of halogens is 2. The molecule has 1 aromatic heterocycles. The fraction of sp³-hybridized carbons (Fsp3) is 0.467. The third kappa shape index (κ3) is 2.76. The summed E-state index contributed by atoms with van der Waals surface area (Å²) in [5, 5.41) is 6.05. The molecule has 0 aliphatic carbocycles. The van der Waals surface area contributed by atoms with E-state index in [1.165, 1.54) is 11.3 Å². The number of rotatable bonds is 5. The Morgan fingerprint density at radius 2 is 1.95 bits per heavy atom. The van der Waals surface area contributed by atoms with Gasteiger partial charge in [-0.25, -0.2) is 0 Å². The quantitative estimate of drug-likeness (QED) is 0.790. The van der Waals surface area contributed by atoms with Crippen molar-refractivity contribution in [3.05, 3.63) is 33.4 Å². The summed E-state index contributed by atoms with van der Waals surface area (Å²) in [5.41, 5.74) is 3.55. The number of aromatic amines is 1. The van der Waals surface area contributed by atoms with Crippen LogP contribution in [-0.4, -0.2) is 11.5 Å². The number of hydrogen-bond acceptors (Lipinski definition) is 1. The summed E-state index contributed by atoms with van der Waals surface area (Å²) in [7, 11) is 0. The topological polar surface area (TPSA) is 27.8 Å². The highest BCUT2D eigenvalue weighted by Gasteiger charge is 2.19. The molecule has 1 atom stereocenters. The van der Waals surface area contributed by atoms with Crippen LogP contribution in [0.1, 0.15) is 44.5 Å². The van der Waals surface area contributed by atoms with Gasteiger partial charge in [0.15, 0.2) is 0 Å². The highest BCUT2D eigenvalue weighted by atomic mass is 35.5. The normalized spacial score (nSPS) is 13.1. The number of aryl methyl sites for hydroxylation is 1. The van der Waals surface area contributed by atoms with Gasteiger partial charge in [0, 0.05) is 22.1 Å². The van der Waals surface area contributed by atoms with Crippen LogP contribution in [0.15, 0.2) is 12.1 Å². The molecule has 0 fully saturated rings. The van der Waals surface area contributed by atoms with Crippen LogP contribution in [0, 0.1) is 0 Å². The van der Waals surface area contributed by atoms with E-state index >= 15 is 0 Å². The van der Waals surface area contributed by atoms with Crippen LogP contribution in [-0.2, 0) is 6.42 Å². The molecule has 0 saturated heterocycles. The van der Waals surface area contributed by atoms with Crippen molar-refractivity contribution < 1.29 is 0 Å². The molecule has 104 valence electrons. The van der Waals surface area contributed by atoms with Crippen LogP contribution in [0.2, 0.25) is 10.0 Å². The Morgan fingerprint density at radius 1 is 1.21 bits per heavy atom. The van der Waals surface area contributed by atoms with E-state index in [-0.39, 0.29) is 0 Å². The van der Waals surface area contributed by atoms with Gasteiger partial charge in [-0.2, -0.15) is 0 Å².